The number of rotatable bonds is 0. The molecule has 0 aliphatic rings. The predicted molar refractivity (Wildman–Crippen MR) is 58.3 cm³/mol. The number of amides is 1. The van der Waals surface area contributed by atoms with Gasteiger partial charge in [-0.3, -0.25) is 4.98 Å². The molecule has 0 aliphatic heterocycles. The summed E-state index contributed by atoms with van der Waals surface area (Å²) in [5.41, 5.74) is 9.97. The molecule has 17 heavy (non-hydrogen) atoms. The molecule has 2 rings (SSSR count). The van der Waals surface area contributed by atoms with E-state index in [1.807, 2.05) is 0 Å². The Hall–Kier alpha value is -2.44. The van der Waals surface area contributed by atoms with Crippen LogP contribution in [0.5, 0.6) is 0 Å². The molecule has 1 heterocycles. The van der Waals surface area contributed by atoms with Gasteiger partial charge >= 0.3 is 6.09 Å². The van der Waals surface area contributed by atoms with Crippen LogP contribution in [0.3, 0.4) is 0 Å². The van der Waals surface area contributed by atoms with Crippen LogP contribution in [0.4, 0.5) is 19.3 Å². The Morgan fingerprint density at radius 3 is 2.53 bits per heavy atom. The second kappa shape index (κ2) is 5.06. The zero-order chi connectivity index (χ0) is 13.0. The third kappa shape index (κ3) is 3.26. The molecule has 1 aromatic heterocycles. The van der Waals surface area contributed by atoms with E-state index in [0.29, 0.717) is 11.1 Å². The van der Waals surface area contributed by atoms with Crippen LogP contribution in [0, 0.1) is 11.6 Å². The van der Waals surface area contributed by atoms with Gasteiger partial charge in [0, 0.05) is 23.3 Å². The summed E-state index contributed by atoms with van der Waals surface area (Å²) in [4.78, 5) is 12.5. The van der Waals surface area contributed by atoms with Gasteiger partial charge in [0.25, 0.3) is 0 Å². The molecule has 0 fully saturated rings. The number of nitrogens with zero attached hydrogens (tertiary/aromatic N) is 1. The highest BCUT2D eigenvalue weighted by atomic mass is 19.1. The highest BCUT2D eigenvalue weighted by Crippen LogP contribution is 2.22. The van der Waals surface area contributed by atoms with Crippen molar-refractivity contribution in [1.29, 1.82) is 0 Å². The standard InChI is InChI=1S/C9H6F2N2.CH3NO2/c10-5-3-6-8(12)1-2-13-9(6)7(11)4-5;2-1(3)4/h1-4H,(H2,12,13);2H2,(H,3,4). The summed E-state index contributed by atoms with van der Waals surface area (Å²) in [6, 6.07) is 3.46. The van der Waals surface area contributed by atoms with Crippen LogP contribution in [0.15, 0.2) is 24.4 Å². The van der Waals surface area contributed by atoms with Gasteiger partial charge in [0.05, 0.1) is 0 Å². The van der Waals surface area contributed by atoms with E-state index in [9.17, 15) is 8.78 Å². The molecule has 2 aromatic rings. The topological polar surface area (TPSA) is 102 Å². The van der Waals surface area contributed by atoms with Crippen LogP contribution in [-0.2, 0) is 0 Å². The van der Waals surface area contributed by atoms with Crippen LogP contribution in [0.1, 0.15) is 0 Å². The molecule has 0 aliphatic carbocycles. The fraction of sp³-hybridized carbons (Fsp3) is 0. The minimum absolute atomic E-state index is 0.0985. The number of carbonyl (C=O) groups is 1. The van der Waals surface area contributed by atoms with Crippen LogP contribution in [0.25, 0.3) is 10.9 Å². The van der Waals surface area contributed by atoms with Crippen molar-refractivity contribution in [3.05, 3.63) is 36.0 Å². The number of primary amides is 1. The van der Waals surface area contributed by atoms with Gasteiger partial charge in [-0.05, 0) is 12.1 Å². The molecule has 0 radical (unpaired) electrons. The maximum absolute atomic E-state index is 13.1. The molecular formula is C10H9F2N3O2. The fourth-order valence-corrected chi connectivity index (χ4v) is 1.20. The largest absolute Gasteiger partial charge is 0.465 e. The van der Waals surface area contributed by atoms with Crippen molar-refractivity contribution in [2.45, 2.75) is 0 Å². The number of nitrogens with two attached hydrogens (primary N) is 2. The monoisotopic (exact) mass is 241 g/mol. The van der Waals surface area contributed by atoms with Crippen LogP contribution >= 0.6 is 0 Å². The molecule has 0 bridgehead atoms. The first-order valence-electron chi connectivity index (χ1n) is 4.39. The molecule has 5 N–H and O–H groups in total. The molecule has 7 heteroatoms. The SMILES string of the molecule is NC(=O)O.Nc1ccnc2c(F)cc(F)cc12. The van der Waals surface area contributed by atoms with Crippen molar-refractivity contribution in [1.82, 2.24) is 4.98 Å². The lowest BCUT2D eigenvalue weighted by Gasteiger charge is -2.01. The summed E-state index contributed by atoms with van der Waals surface area (Å²) in [5, 5.41) is 7.50. The maximum Gasteiger partial charge on any atom is 0.402 e. The molecule has 0 atom stereocenters. The van der Waals surface area contributed by atoms with Crippen molar-refractivity contribution in [3.8, 4) is 0 Å². The highest BCUT2D eigenvalue weighted by Gasteiger charge is 2.06. The summed E-state index contributed by atoms with van der Waals surface area (Å²) in [6.07, 6.45) is 0.0542. The Bertz CT molecular complexity index is 556. The first-order valence-corrected chi connectivity index (χ1v) is 4.39. The van der Waals surface area contributed by atoms with Crippen molar-refractivity contribution in [2.24, 2.45) is 5.73 Å². The summed E-state index contributed by atoms with van der Waals surface area (Å²) in [7, 11) is 0. The van der Waals surface area contributed by atoms with E-state index in [2.05, 4.69) is 10.7 Å². The summed E-state index contributed by atoms with van der Waals surface area (Å²) >= 11 is 0. The first-order chi connectivity index (χ1) is 7.91. The average molecular weight is 241 g/mol. The van der Waals surface area contributed by atoms with Gasteiger partial charge in [0.2, 0.25) is 0 Å². The third-order valence-corrected chi connectivity index (χ3v) is 1.80. The zero-order valence-electron chi connectivity index (χ0n) is 8.52. The van der Waals surface area contributed by atoms with Crippen molar-refractivity contribution >= 4 is 22.7 Å². The molecule has 5 nitrogen and oxygen atoms in total. The molecule has 1 amide bonds. The summed E-state index contributed by atoms with van der Waals surface area (Å²) in [5.74, 6) is -1.34. The van der Waals surface area contributed by atoms with E-state index in [0.717, 1.165) is 6.07 Å². The Balaban J connectivity index is 0.000000317. The maximum atomic E-state index is 13.1. The number of aromatic nitrogens is 1. The molecule has 1 aromatic carbocycles. The molecule has 0 saturated carbocycles. The van der Waals surface area contributed by atoms with E-state index in [1.165, 1.54) is 18.3 Å². The van der Waals surface area contributed by atoms with Crippen molar-refractivity contribution in [2.75, 3.05) is 5.73 Å². The van der Waals surface area contributed by atoms with Crippen molar-refractivity contribution < 1.29 is 18.7 Å². The Morgan fingerprint density at radius 1 is 1.35 bits per heavy atom. The van der Waals surface area contributed by atoms with Gasteiger partial charge in [-0.25, -0.2) is 13.6 Å². The second-order valence-corrected chi connectivity index (χ2v) is 3.02. The molecule has 0 saturated heterocycles. The van der Waals surface area contributed by atoms with Gasteiger partial charge in [-0.1, -0.05) is 0 Å². The molecule has 0 spiro atoms. The van der Waals surface area contributed by atoms with Crippen molar-refractivity contribution in [3.63, 3.8) is 0 Å². The Morgan fingerprint density at radius 2 is 1.94 bits per heavy atom. The number of benzene rings is 1. The third-order valence-electron chi connectivity index (χ3n) is 1.80. The van der Waals surface area contributed by atoms with E-state index in [4.69, 9.17) is 15.6 Å². The second-order valence-electron chi connectivity index (χ2n) is 3.02. The quantitative estimate of drug-likeness (QED) is 0.653. The van der Waals surface area contributed by atoms with Crippen LogP contribution in [0.2, 0.25) is 0 Å². The Labute approximate surface area is 94.7 Å². The lowest BCUT2D eigenvalue weighted by molar-refractivity contribution is 0.205. The number of hydrogen-bond acceptors (Lipinski definition) is 3. The number of fused-ring (bicyclic) bond motifs is 1. The van der Waals surface area contributed by atoms with Gasteiger partial charge in [0.15, 0.2) is 5.82 Å². The zero-order valence-corrected chi connectivity index (χ0v) is 8.52. The fourth-order valence-electron chi connectivity index (χ4n) is 1.20. The smallest absolute Gasteiger partial charge is 0.402 e. The number of pyridine rings is 1. The van der Waals surface area contributed by atoms with E-state index >= 15 is 0 Å². The molecular weight excluding hydrogens is 232 g/mol. The number of carboxylic acid groups (broad SMARTS) is 1. The normalized spacial score (nSPS) is 9.53. The van der Waals surface area contributed by atoms with Gasteiger partial charge < -0.3 is 16.6 Å². The van der Waals surface area contributed by atoms with Crippen LogP contribution in [-0.4, -0.2) is 16.2 Å². The molecule has 90 valence electrons. The van der Waals surface area contributed by atoms with Gasteiger partial charge in [-0.15, -0.1) is 0 Å². The van der Waals surface area contributed by atoms with Gasteiger partial charge in [-0.2, -0.15) is 0 Å². The van der Waals surface area contributed by atoms with E-state index in [1.54, 1.807) is 0 Å². The minimum Gasteiger partial charge on any atom is -0.465 e. The van der Waals surface area contributed by atoms with Gasteiger partial charge in [0.1, 0.15) is 11.3 Å². The number of halogens is 2. The lowest BCUT2D eigenvalue weighted by atomic mass is 10.2. The molecule has 0 unspecified atom stereocenters. The van der Waals surface area contributed by atoms with E-state index < -0.39 is 17.7 Å². The average Bonchev–Trinajstić information content (AvgIpc) is 2.19. The number of nitrogen functional groups attached to an aromatic ring is 1. The van der Waals surface area contributed by atoms with Crippen LogP contribution < -0.4 is 11.5 Å². The predicted octanol–water partition coefficient (Wildman–Crippen LogP) is 1.72. The minimum atomic E-state index is -1.33. The summed E-state index contributed by atoms with van der Waals surface area (Å²) in [6.45, 7) is 0. The number of hydrogen-bond donors (Lipinski definition) is 3. The van der Waals surface area contributed by atoms with E-state index in [-0.39, 0.29) is 5.52 Å². The summed E-state index contributed by atoms with van der Waals surface area (Å²) < 4.78 is 25.8. The number of anilines is 1. The lowest BCUT2D eigenvalue weighted by Crippen LogP contribution is -2.03. The first kappa shape index (κ1) is 12.6. The Kier molecular flexibility index (Phi) is 3.76. The highest BCUT2D eigenvalue weighted by molar-refractivity contribution is 5.90.